The summed E-state index contributed by atoms with van der Waals surface area (Å²) in [5.74, 6) is -0.321. The summed E-state index contributed by atoms with van der Waals surface area (Å²) < 4.78 is 41.1. The summed E-state index contributed by atoms with van der Waals surface area (Å²) in [6, 6.07) is 27.0. The summed E-state index contributed by atoms with van der Waals surface area (Å²) in [4.78, 5) is 29.1. The van der Waals surface area contributed by atoms with Gasteiger partial charge in [-0.3, -0.25) is 13.9 Å². The Bertz CT molecular complexity index is 1720. The fourth-order valence-corrected chi connectivity index (χ4v) is 6.55. The van der Waals surface area contributed by atoms with Crippen molar-refractivity contribution in [1.82, 2.24) is 10.2 Å². The molecule has 4 aromatic rings. The summed E-state index contributed by atoms with van der Waals surface area (Å²) in [5, 5.41) is 2.69. The average molecular weight is 695 g/mol. The van der Waals surface area contributed by atoms with Crippen LogP contribution in [0.4, 0.5) is 5.69 Å². The van der Waals surface area contributed by atoms with Crippen LogP contribution >= 0.6 is 15.9 Å². The second kappa shape index (κ2) is 15.1. The lowest BCUT2D eigenvalue weighted by Crippen LogP contribution is -2.53. The van der Waals surface area contributed by atoms with E-state index in [2.05, 4.69) is 21.2 Å². The molecule has 1 N–H and O–H groups in total. The maximum Gasteiger partial charge on any atom is 0.264 e. The van der Waals surface area contributed by atoms with Crippen molar-refractivity contribution in [3.05, 3.63) is 118 Å². The Morgan fingerprint density at radius 1 is 0.844 bits per heavy atom. The van der Waals surface area contributed by atoms with Gasteiger partial charge in [-0.1, -0.05) is 76.1 Å². The summed E-state index contributed by atoms with van der Waals surface area (Å²) >= 11 is 3.44. The van der Waals surface area contributed by atoms with E-state index in [1.54, 1.807) is 24.3 Å². The number of nitrogens with zero attached hydrogens (tertiary/aromatic N) is 2. The van der Waals surface area contributed by atoms with Crippen LogP contribution in [-0.4, -0.2) is 59.0 Å². The number of aryl methyl sites for hydroxylation is 1. The average Bonchev–Trinajstić information content (AvgIpc) is 3.06. The summed E-state index contributed by atoms with van der Waals surface area (Å²) in [6.45, 7) is 1.41. The van der Waals surface area contributed by atoms with E-state index >= 15 is 0 Å². The van der Waals surface area contributed by atoms with Crippen molar-refractivity contribution in [1.29, 1.82) is 0 Å². The van der Waals surface area contributed by atoms with E-state index in [4.69, 9.17) is 9.47 Å². The number of ether oxygens (including phenoxy) is 2. The first-order valence-corrected chi connectivity index (χ1v) is 16.4. The second-order valence-electron chi connectivity index (χ2n) is 10.3. The third-order valence-electron chi connectivity index (χ3n) is 7.33. The highest BCUT2D eigenvalue weighted by molar-refractivity contribution is 9.10. The minimum Gasteiger partial charge on any atom is -0.493 e. The fraction of sp³-hybridized carbons (Fsp3) is 0.235. The van der Waals surface area contributed by atoms with Gasteiger partial charge >= 0.3 is 0 Å². The molecule has 0 heterocycles. The number of benzene rings is 4. The number of sulfonamides is 1. The van der Waals surface area contributed by atoms with Crippen LogP contribution in [-0.2, 0) is 32.6 Å². The van der Waals surface area contributed by atoms with Crippen molar-refractivity contribution < 1.29 is 27.5 Å². The monoisotopic (exact) mass is 693 g/mol. The number of carbonyl (C=O) groups is 2. The molecule has 0 aliphatic carbocycles. The number of amides is 2. The number of carbonyl (C=O) groups excluding carboxylic acids is 2. The van der Waals surface area contributed by atoms with Gasteiger partial charge in [0.2, 0.25) is 11.8 Å². The van der Waals surface area contributed by atoms with Gasteiger partial charge in [-0.2, -0.15) is 0 Å². The van der Waals surface area contributed by atoms with E-state index in [1.165, 1.54) is 44.4 Å². The molecule has 0 aliphatic heterocycles. The largest absolute Gasteiger partial charge is 0.493 e. The molecule has 1 atom stereocenters. The molecule has 0 aliphatic rings. The van der Waals surface area contributed by atoms with Crippen molar-refractivity contribution in [3.63, 3.8) is 0 Å². The molecule has 0 spiro atoms. The van der Waals surface area contributed by atoms with Gasteiger partial charge in [-0.05, 0) is 54.4 Å². The fourth-order valence-electron chi connectivity index (χ4n) is 4.85. The van der Waals surface area contributed by atoms with Gasteiger partial charge in [0.05, 0.1) is 24.8 Å². The predicted molar refractivity (Wildman–Crippen MR) is 178 cm³/mol. The lowest BCUT2D eigenvalue weighted by Gasteiger charge is -2.33. The van der Waals surface area contributed by atoms with Crippen molar-refractivity contribution in [2.24, 2.45) is 0 Å². The van der Waals surface area contributed by atoms with Gasteiger partial charge in [0.1, 0.15) is 12.6 Å². The van der Waals surface area contributed by atoms with Gasteiger partial charge in [0.15, 0.2) is 11.5 Å². The van der Waals surface area contributed by atoms with E-state index in [1.807, 2.05) is 61.5 Å². The normalized spacial score (nSPS) is 11.8. The third-order valence-corrected chi connectivity index (χ3v) is 9.63. The second-order valence-corrected chi connectivity index (χ2v) is 13.1. The summed E-state index contributed by atoms with van der Waals surface area (Å²) in [6.07, 6.45) is 0.232. The number of hydrogen-bond acceptors (Lipinski definition) is 6. The molecule has 0 fully saturated rings. The Kier molecular flexibility index (Phi) is 11.2. The van der Waals surface area contributed by atoms with E-state index < -0.39 is 28.5 Å². The van der Waals surface area contributed by atoms with Gasteiger partial charge in [0, 0.05) is 30.6 Å². The smallest absolute Gasteiger partial charge is 0.264 e. The molecular weight excluding hydrogens is 658 g/mol. The molecule has 45 heavy (non-hydrogen) atoms. The summed E-state index contributed by atoms with van der Waals surface area (Å²) in [7, 11) is 0.0959. The van der Waals surface area contributed by atoms with Gasteiger partial charge in [-0.15, -0.1) is 0 Å². The van der Waals surface area contributed by atoms with Crippen molar-refractivity contribution >= 4 is 43.5 Å². The minimum atomic E-state index is -4.30. The number of anilines is 1. The zero-order chi connectivity index (χ0) is 32.6. The Morgan fingerprint density at radius 2 is 1.49 bits per heavy atom. The quantitative estimate of drug-likeness (QED) is 0.202. The van der Waals surface area contributed by atoms with Crippen LogP contribution in [0.15, 0.2) is 106 Å². The molecule has 0 saturated carbocycles. The molecule has 4 rings (SSSR count). The third kappa shape index (κ3) is 8.23. The molecule has 0 bridgehead atoms. The molecule has 0 aromatic heterocycles. The zero-order valence-corrected chi connectivity index (χ0v) is 28.0. The number of nitrogens with one attached hydrogen (secondary N) is 1. The van der Waals surface area contributed by atoms with Crippen LogP contribution in [0.5, 0.6) is 11.5 Å². The Hall–Kier alpha value is -4.35. The molecule has 236 valence electrons. The maximum atomic E-state index is 14.4. The molecule has 2 amide bonds. The van der Waals surface area contributed by atoms with Crippen LogP contribution in [0, 0.1) is 6.92 Å². The molecular formula is C34H36BrN3O6S. The van der Waals surface area contributed by atoms with E-state index in [-0.39, 0.29) is 29.5 Å². The number of halogens is 1. The van der Waals surface area contributed by atoms with Crippen molar-refractivity contribution in [3.8, 4) is 11.5 Å². The van der Waals surface area contributed by atoms with Gasteiger partial charge in [0.25, 0.3) is 10.0 Å². The predicted octanol–water partition coefficient (Wildman–Crippen LogP) is 5.36. The topological polar surface area (TPSA) is 105 Å². The van der Waals surface area contributed by atoms with E-state index in [0.717, 1.165) is 25.5 Å². The molecule has 0 saturated heterocycles. The Balaban J connectivity index is 1.80. The molecule has 1 unspecified atom stereocenters. The SMILES string of the molecule is CNC(=O)C(Cc1ccccc1)N(Cc1ccc(Br)cc1)C(=O)CN(c1ccc(C)cc1)S(=O)(=O)c1ccc(OC)c(OC)c1. The van der Waals surface area contributed by atoms with Crippen LogP contribution < -0.4 is 19.1 Å². The maximum absolute atomic E-state index is 14.4. The highest BCUT2D eigenvalue weighted by Crippen LogP contribution is 2.32. The number of methoxy groups -OCH3 is 2. The summed E-state index contributed by atoms with van der Waals surface area (Å²) in [5.41, 5.74) is 2.85. The van der Waals surface area contributed by atoms with E-state index in [0.29, 0.717) is 11.4 Å². The van der Waals surface area contributed by atoms with Gasteiger partial charge in [-0.25, -0.2) is 8.42 Å². The van der Waals surface area contributed by atoms with Crippen molar-refractivity contribution in [2.75, 3.05) is 32.1 Å². The first-order valence-electron chi connectivity index (χ1n) is 14.2. The number of likely N-dealkylation sites (N-methyl/N-ethyl adjacent to an activating group) is 1. The van der Waals surface area contributed by atoms with Gasteiger partial charge < -0.3 is 19.7 Å². The van der Waals surface area contributed by atoms with Crippen LogP contribution in [0.1, 0.15) is 16.7 Å². The number of rotatable bonds is 13. The highest BCUT2D eigenvalue weighted by Gasteiger charge is 2.34. The standard InChI is InChI=1S/C34H36BrN3O6S/c1-24-10-16-28(17-11-24)38(45(41,42)29-18-19-31(43-3)32(21-29)44-4)23-33(39)37(22-26-12-14-27(35)15-13-26)30(34(40)36-2)20-25-8-6-5-7-9-25/h5-19,21,30H,20,22-23H2,1-4H3,(H,36,40). The minimum absolute atomic E-state index is 0.0785. The number of hydrogen-bond donors (Lipinski definition) is 1. The highest BCUT2D eigenvalue weighted by atomic mass is 79.9. The van der Waals surface area contributed by atoms with Crippen LogP contribution in [0.2, 0.25) is 0 Å². The van der Waals surface area contributed by atoms with Crippen LogP contribution in [0.3, 0.4) is 0 Å². The Morgan fingerprint density at radius 3 is 2.09 bits per heavy atom. The lowest BCUT2D eigenvalue weighted by molar-refractivity contribution is -0.139. The first kappa shape index (κ1) is 33.5. The Labute approximate surface area is 273 Å². The zero-order valence-electron chi connectivity index (χ0n) is 25.6. The van der Waals surface area contributed by atoms with E-state index in [9.17, 15) is 18.0 Å². The molecule has 11 heteroatoms. The molecule has 0 radical (unpaired) electrons. The first-order chi connectivity index (χ1) is 21.6. The molecule has 9 nitrogen and oxygen atoms in total. The van der Waals surface area contributed by atoms with Crippen LogP contribution in [0.25, 0.3) is 0 Å². The molecule has 4 aromatic carbocycles. The lowest BCUT2D eigenvalue weighted by atomic mass is 10.0. The van der Waals surface area contributed by atoms with Crippen molar-refractivity contribution in [2.45, 2.75) is 30.8 Å².